The number of hydrogen-bond acceptors (Lipinski definition) is 7. The van der Waals surface area contributed by atoms with Crippen molar-refractivity contribution in [3.05, 3.63) is 59.4 Å². The second-order valence-electron chi connectivity index (χ2n) is 6.79. The van der Waals surface area contributed by atoms with Gasteiger partial charge in [-0.25, -0.2) is 0 Å². The number of aliphatic hydroxyl groups excluding tert-OH is 1. The third-order valence-corrected chi connectivity index (χ3v) is 4.91. The Morgan fingerprint density at radius 3 is 2.39 bits per heavy atom. The number of ketones is 1. The van der Waals surface area contributed by atoms with Gasteiger partial charge in [0.25, 0.3) is 11.7 Å². The second kappa shape index (κ2) is 10.1. The van der Waals surface area contributed by atoms with Crippen LogP contribution in [0.15, 0.2) is 48.3 Å². The minimum atomic E-state index is -0.793. The van der Waals surface area contributed by atoms with Gasteiger partial charge in [-0.15, -0.1) is 0 Å². The Hall–Kier alpha value is -3.39. The van der Waals surface area contributed by atoms with E-state index in [1.807, 2.05) is 13.8 Å². The Bertz CT molecular complexity index is 973. The van der Waals surface area contributed by atoms with Gasteiger partial charge >= 0.3 is 0 Å². The van der Waals surface area contributed by atoms with Crippen LogP contribution in [0, 0.1) is 0 Å². The summed E-state index contributed by atoms with van der Waals surface area (Å²) in [6.45, 7) is 5.05. The number of rotatable bonds is 9. The maximum atomic E-state index is 12.9. The van der Waals surface area contributed by atoms with Gasteiger partial charge in [0.15, 0.2) is 11.5 Å². The van der Waals surface area contributed by atoms with Gasteiger partial charge in [0.2, 0.25) is 0 Å². The molecule has 1 aliphatic rings. The summed E-state index contributed by atoms with van der Waals surface area (Å²) in [6.07, 6.45) is 3.02. The molecule has 1 amide bonds. The summed E-state index contributed by atoms with van der Waals surface area (Å²) in [5.41, 5.74) is 1.04. The highest BCUT2D eigenvalue weighted by molar-refractivity contribution is 6.46. The molecule has 0 spiro atoms. The fourth-order valence-electron chi connectivity index (χ4n) is 3.55. The quantitative estimate of drug-likeness (QED) is 0.374. The molecule has 31 heavy (non-hydrogen) atoms. The smallest absolute Gasteiger partial charge is 0.295 e. The lowest BCUT2D eigenvalue weighted by Crippen LogP contribution is -2.32. The predicted molar refractivity (Wildman–Crippen MR) is 114 cm³/mol. The van der Waals surface area contributed by atoms with Crippen LogP contribution in [0.1, 0.15) is 31.0 Å². The van der Waals surface area contributed by atoms with E-state index in [4.69, 9.17) is 14.2 Å². The molecule has 1 fully saturated rings. The average molecular weight is 426 g/mol. The van der Waals surface area contributed by atoms with Gasteiger partial charge in [0, 0.05) is 31.6 Å². The van der Waals surface area contributed by atoms with Gasteiger partial charge in [0.05, 0.1) is 31.4 Å². The fraction of sp³-hybridized carbons (Fsp3) is 0.348. The molecule has 1 aromatic heterocycles. The molecule has 0 saturated carbocycles. The molecule has 1 saturated heterocycles. The maximum absolute atomic E-state index is 12.9. The lowest BCUT2D eigenvalue weighted by molar-refractivity contribution is -0.140. The summed E-state index contributed by atoms with van der Waals surface area (Å²) < 4.78 is 16.5. The molecule has 8 heteroatoms. The molecule has 164 valence electrons. The zero-order chi connectivity index (χ0) is 22.4. The summed E-state index contributed by atoms with van der Waals surface area (Å²) in [5.74, 6) is -0.622. The van der Waals surface area contributed by atoms with Gasteiger partial charge in [-0.3, -0.25) is 14.6 Å². The number of aliphatic hydroxyl groups is 1. The summed E-state index contributed by atoms with van der Waals surface area (Å²) in [6, 6.07) is 7.62. The Kier molecular flexibility index (Phi) is 7.25. The van der Waals surface area contributed by atoms with E-state index in [-0.39, 0.29) is 24.5 Å². The first-order chi connectivity index (χ1) is 15.0. The van der Waals surface area contributed by atoms with E-state index in [9.17, 15) is 14.7 Å². The molecule has 1 N–H and O–H groups in total. The first-order valence-corrected chi connectivity index (χ1v) is 10.1. The number of pyridine rings is 1. The normalized spacial score (nSPS) is 17.8. The van der Waals surface area contributed by atoms with Crippen molar-refractivity contribution in [1.82, 2.24) is 9.88 Å². The number of hydrogen-bond donors (Lipinski definition) is 1. The lowest BCUT2D eigenvalue weighted by atomic mass is 9.95. The first-order valence-electron chi connectivity index (χ1n) is 10.1. The van der Waals surface area contributed by atoms with Crippen molar-refractivity contribution in [3.63, 3.8) is 0 Å². The Morgan fingerprint density at radius 1 is 1.06 bits per heavy atom. The van der Waals surface area contributed by atoms with E-state index < -0.39 is 17.7 Å². The van der Waals surface area contributed by atoms with Gasteiger partial charge in [0.1, 0.15) is 5.76 Å². The van der Waals surface area contributed by atoms with Gasteiger partial charge in [-0.2, -0.15) is 0 Å². The highest BCUT2D eigenvalue weighted by Crippen LogP contribution is 2.41. The van der Waals surface area contributed by atoms with Crippen molar-refractivity contribution in [1.29, 1.82) is 0 Å². The van der Waals surface area contributed by atoms with E-state index in [2.05, 4.69) is 4.98 Å². The zero-order valence-electron chi connectivity index (χ0n) is 17.8. The van der Waals surface area contributed by atoms with Crippen LogP contribution in [-0.2, 0) is 14.3 Å². The van der Waals surface area contributed by atoms with Crippen LogP contribution in [0.4, 0.5) is 0 Å². The third-order valence-electron chi connectivity index (χ3n) is 4.91. The van der Waals surface area contributed by atoms with Crippen molar-refractivity contribution in [2.24, 2.45) is 0 Å². The number of amides is 1. The Morgan fingerprint density at radius 2 is 1.74 bits per heavy atom. The van der Waals surface area contributed by atoms with Crippen LogP contribution in [0.2, 0.25) is 0 Å². The number of methoxy groups -OCH3 is 1. The summed E-state index contributed by atoms with van der Waals surface area (Å²) in [5, 5.41) is 11.0. The molecule has 1 unspecified atom stereocenters. The van der Waals surface area contributed by atoms with E-state index >= 15 is 0 Å². The SMILES string of the molecule is CCOc1ccc(C2/C(=C(\O)c3ccncc3)C(=O)C(=O)N2CCOC)cc1OCC. The molecule has 0 bridgehead atoms. The number of aromatic nitrogens is 1. The third kappa shape index (κ3) is 4.54. The van der Waals surface area contributed by atoms with Crippen LogP contribution in [0.25, 0.3) is 5.76 Å². The molecule has 3 rings (SSSR count). The molecule has 2 aromatic rings. The van der Waals surface area contributed by atoms with Gasteiger partial charge < -0.3 is 24.2 Å². The Balaban J connectivity index is 2.16. The number of benzene rings is 1. The van der Waals surface area contributed by atoms with Crippen LogP contribution in [0.3, 0.4) is 0 Å². The molecule has 0 radical (unpaired) electrons. The van der Waals surface area contributed by atoms with E-state index in [1.165, 1.54) is 24.4 Å². The number of carbonyl (C=O) groups is 2. The first kappa shape index (κ1) is 22.3. The van der Waals surface area contributed by atoms with E-state index in [0.717, 1.165) is 0 Å². The summed E-state index contributed by atoms with van der Waals surface area (Å²) in [4.78, 5) is 31.1. The number of Topliss-reactive ketones (excluding diaryl/α,β-unsaturated/α-hetero) is 1. The molecule has 8 nitrogen and oxygen atoms in total. The maximum Gasteiger partial charge on any atom is 0.295 e. The van der Waals surface area contributed by atoms with Crippen LogP contribution in [0.5, 0.6) is 11.5 Å². The highest BCUT2D eigenvalue weighted by atomic mass is 16.5. The van der Waals surface area contributed by atoms with Crippen molar-refractivity contribution in [2.45, 2.75) is 19.9 Å². The van der Waals surface area contributed by atoms with Crippen molar-refractivity contribution in [2.75, 3.05) is 33.5 Å². The van der Waals surface area contributed by atoms with Crippen molar-refractivity contribution >= 4 is 17.4 Å². The second-order valence-corrected chi connectivity index (χ2v) is 6.79. The van der Waals surface area contributed by atoms with Gasteiger partial charge in [-0.05, 0) is 43.7 Å². The van der Waals surface area contributed by atoms with Crippen molar-refractivity contribution < 1.29 is 28.9 Å². The van der Waals surface area contributed by atoms with Gasteiger partial charge in [-0.1, -0.05) is 6.07 Å². The Labute approximate surface area is 181 Å². The summed E-state index contributed by atoms with van der Waals surface area (Å²) in [7, 11) is 1.52. The van der Waals surface area contributed by atoms with E-state index in [0.29, 0.717) is 35.8 Å². The number of nitrogens with zero attached hydrogens (tertiary/aromatic N) is 2. The van der Waals surface area contributed by atoms with E-state index in [1.54, 1.807) is 30.3 Å². The number of ether oxygens (including phenoxy) is 3. The topological polar surface area (TPSA) is 98.2 Å². The molecule has 1 aliphatic heterocycles. The molecule has 1 atom stereocenters. The molecular weight excluding hydrogens is 400 g/mol. The molecular formula is C23H26N2O6. The minimum Gasteiger partial charge on any atom is -0.507 e. The molecule has 1 aromatic carbocycles. The van der Waals surface area contributed by atoms with Crippen LogP contribution in [-0.4, -0.2) is 60.2 Å². The monoisotopic (exact) mass is 426 g/mol. The van der Waals surface area contributed by atoms with Crippen LogP contribution < -0.4 is 9.47 Å². The fourth-order valence-corrected chi connectivity index (χ4v) is 3.55. The lowest BCUT2D eigenvalue weighted by Gasteiger charge is -2.25. The minimum absolute atomic E-state index is 0.0129. The standard InChI is InChI=1S/C23H26N2O6/c1-4-30-17-7-6-16(14-18(17)31-5-2)20-19(21(26)15-8-10-24-11-9-15)22(27)23(28)25(20)12-13-29-3/h6-11,14,20,26H,4-5,12-13H2,1-3H3/b21-19+. The van der Waals surface area contributed by atoms with Crippen LogP contribution >= 0.6 is 0 Å². The predicted octanol–water partition coefficient (Wildman–Crippen LogP) is 2.95. The molecule has 0 aliphatic carbocycles. The largest absolute Gasteiger partial charge is 0.507 e. The van der Waals surface area contributed by atoms with Crippen molar-refractivity contribution in [3.8, 4) is 11.5 Å². The molecule has 2 heterocycles. The highest BCUT2D eigenvalue weighted by Gasteiger charge is 2.46. The number of carbonyl (C=O) groups excluding carboxylic acids is 2. The average Bonchev–Trinajstić information content (AvgIpc) is 3.04. The zero-order valence-corrected chi connectivity index (χ0v) is 17.8. The number of likely N-dealkylation sites (tertiary alicyclic amines) is 1. The summed E-state index contributed by atoms with van der Waals surface area (Å²) >= 11 is 0.